The number of hydrogen-bond acceptors (Lipinski definition) is 4. The minimum absolute atomic E-state index is 0.230. The van der Waals surface area contributed by atoms with Crippen LogP contribution in [0.5, 0.6) is 0 Å². The summed E-state index contributed by atoms with van der Waals surface area (Å²) in [5.74, 6) is 0.266. The number of carbonyl (C=O) groups is 1. The van der Waals surface area contributed by atoms with Gasteiger partial charge in [0.25, 0.3) is 5.91 Å². The largest absolute Gasteiger partial charge is 0.340 e. The number of hydrogen-bond donors (Lipinski definition) is 2. The fourth-order valence-electron chi connectivity index (χ4n) is 2.67. The number of aromatic nitrogens is 2. The maximum Gasteiger partial charge on any atom is 0.274 e. The molecule has 6 heteroatoms. The molecule has 132 valence electrons. The molecule has 3 rings (SSSR count). The van der Waals surface area contributed by atoms with Crippen LogP contribution >= 0.6 is 0 Å². The maximum atomic E-state index is 13.0. The Bertz CT molecular complexity index is 934. The van der Waals surface area contributed by atoms with Crippen molar-refractivity contribution in [1.29, 1.82) is 0 Å². The van der Waals surface area contributed by atoms with Crippen molar-refractivity contribution in [3.8, 4) is 0 Å². The van der Waals surface area contributed by atoms with E-state index in [9.17, 15) is 9.18 Å². The summed E-state index contributed by atoms with van der Waals surface area (Å²) in [5.41, 5.74) is 3.88. The standard InChI is InChI=1S/C20H19FN4O/c1-12-8-13(2)10-17(9-12)24-19-11-18(22-14(3)23-19)20(26)25-16-6-4-15(21)5-7-16/h4-11H,1-3H3,(H,25,26)(H,22,23,24). The summed E-state index contributed by atoms with van der Waals surface area (Å²) in [4.78, 5) is 21.0. The minimum Gasteiger partial charge on any atom is -0.340 e. The second-order valence-electron chi connectivity index (χ2n) is 6.15. The SMILES string of the molecule is Cc1cc(C)cc(Nc2cc(C(=O)Nc3ccc(F)cc3)nc(C)n2)c1. The van der Waals surface area contributed by atoms with Gasteiger partial charge in [0.1, 0.15) is 23.2 Å². The van der Waals surface area contributed by atoms with E-state index in [0.29, 0.717) is 17.3 Å². The molecule has 0 radical (unpaired) electrons. The third kappa shape index (κ3) is 4.42. The predicted molar refractivity (Wildman–Crippen MR) is 100 cm³/mol. The van der Waals surface area contributed by atoms with Gasteiger partial charge in [-0.3, -0.25) is 4.79 Å². The first kappa shape index (κ1) is 17.5. The summed E-state index contributed by atoms with van der Waals surface area (Å²) >= 11 is 0. The first-order valence-corrected chi connectivity index (χ1v) is 8.17. The van der Waals surface area contributed by atoms with Gasteiger partial charge in [-0.2, -0.15) is 0 Å². The van der Waals surface area contributed by atoms with Crippen molar-refractivity contribution >= 4 is 23.1 Å². The Labute approximate surface area is 151 Å². The van der Waals surface area contributed by atoms with Crippen molar-refractivity contribution in [2.24, 2.45) is 0 Å². The third-order valence-corrected chi connectivity index (χ3v) is 3.67. The van der Waals surface area contributed by atoms with Gasteiger partial charge in [0.15, 0.2) is 0 Å². The molecule has 0 fully saturated rings. The number of carbonyl (C=O) groups excluding carboxylic acids is 1. The summed E-state index contributed by atoms with van der Waals surface area (Å²) < 4.78 is 13.0. The molecule has 0 bridgehead atoms. The third-order valence-electron chi connectivity index (χ3n) is 3.67. The lowest BCUT2D eigenvalue weighted by Gasteiger charge is -2.10. The highest BCUT2D eigenvalue weighted by atomic mass is 19.1. The number of nitrogens with one attached hydrogen (secondary N) is 2. The van der Waals surface area contributed by atoms with E-state index in [0.717, 1.165) is 16.8 Å². The molecular weight excluding hydrogens is 331 g/mol. The summed E-state index contributed by atoms with van der Waals surface area (Å²) in [6, 6.07) is 13.2. The van der Waals surface area contributed by atoms with Gasteiger partial charge in [-0.25, -0.2) is 14.4 Å². The number of benzene rings is 2. The van der Waals surface area contributed by atoms with E-state index >= 15 is 0 Å². The molecule has 0 saturated heterocycles. The van der Waals surface area contributed by atoms with E-state index in [-0.39, 0.29) is 17.4 Å². The average molecular weight is 350 g/mol. The zero-order valence-electron chi connectivity index (χ0n) is 14.8. The van der Waals surface area contributed by atoms with E-state index in [1.807, 2.05) is 26.0 Å². The molecule has 0 spiro atoms. The van der Waals surface area contributed by atoms with Crippen molar-refractivity contribution in [3.63, 3.8) is 0 Å². The average Bonchev–Trinajstić information content (AvgIpc) is 2.55. The highest BCUT2D eigenvalue weighted by Gasteiger charge is 2.11. The molecule has 5 nitrogen and oxygen atoms in total. The lowest BCUT2D eigenvalue weighted by atomic mass is 10.1. The molecule has 1 heterocycles. The molecule has 3 aromatic rings. The normalized spacial score (nSPS) is 10.5. The van der Waals surface area contributed by atoms with Crippen LogP contribution in [0.15, 0.2) is 48.5 Å². The van der Waals surface area contributed by atoms with Crippen LogP contribution in [-0.4, -0.2) is 15.9 Å². The first-order chi connectivity index (χ1) is 12.4. The molecule has 2 N–H and O–H groups in total. The van der Waals surface area contributed by atoms with Gasteiger partial charge in [-0.05, 0) is 68.3 Å². The molecule has 0 aliphatic carbocycles. The first-order valence-electron chi connectivity index (χ1n) is 8.17. The topological polar surface area (TPSA) is 66.9 Å². The number of amides is 1. The highest BCUT2D eigenvalue weighted by Crippen LogP contribution is 2.19. The molecular formula is C20H19FN4O. The fraction of sp³-hybridized carbons (Fsp3) is 0.150. The maximum absolute atomic E-state index is 13.0. The molecule has 0 unspecified atom stereocenters. The van der Waals surface area contributed by atoms with Crippen LogP contribution in [0.25, 0.3) is 0 Å². The van der Waals surface area contributed by atoms with Gasteiger partial charge in [0.2, 0.25) is 0 Å². The van der Waals surface area contributed by atoms with Gasteiger partial charge in [-0.15, -0.1) is 0 Å². The Balaban J connectivity index is 1.82. The summed E-state index contributed by atoms with van der Waals surface area (Å²) in [7, 11) is 0. The molecule has 2 aromatic carbocycles. The van der Waals surface area contributed by atoms with Gasteiger partial charge in [0.05, 0.1) is 0 Å². The van der Waals surface area contributed by atoms with Gasteiger partial charge < -0.3 is 10.6 Å². The zero-order chi connectivity index (χ0) is 18.7. The van der Waals surface area contributed by atoms with Gasteiger partial charge in [-0.1, -0.05) is 6.07 Å². The summed E-state index contributed by atoms with van der Waals surface area (Å²) in [5, 5.41) is 5.91. The zero-order valence-corrected chi connectivity index (χ0v) is 14.8. The Morgan fingerprint density at radius 3 is 2.19 bits per heavy atom. The minimum atomic E-state index is -0.384. The van der Waals surface area contributed by atoms with Crippen LogP contribution in [0.2, 0.25) is 0 Å². The van der Waals surface area contributed by atoms with Crippen molar-refractivity contribution < 1.29 is 9.18 Å². The second-order valence-corrected chi connectivity index (χ2v) is 6.15. The molecule has 0 aliphatic heterocycles. The summed E-state index contributed by atoms with van der Waals surface area (Å²) in [6.45, 7) is 5.76. The second kappa shape index (κ2) is 7.31. The number of anilines is 3. The van der Waals surface area contributed by atoms with E-state index in [2.05, 4.69) is 26.7 Å². The van der Waals surface area contributed by atoms with E-state index in [1.165, 1.54) is 24.3 Å². The Morgan fingerprint density at radius 2 is 1.54 bits per heavy atom. The monoisotopic (exact) mass is 350 g/mol. The number of rotatable bonds is 4. The summed E-state index contributed by atoms with van der Waals surface area (Å²) in [6.07, 6.45) is 0. The molecule has 0 aliphatic rings. The smallest absolute Gasteiger partial charge is 0.274 e. The quantitative estimate of drug-likeness (QED) is 0.725. The number of nitrogens with zero attached hydrogens (tertiary/aromatic N) is 2. The van der Waals surface area contributed by atoms with Crippen LogP contribution in [0.4, 0.5) is 21.6 Å². The fourth-order valence-corrected chi connectivity index (χ4v) is 2.67. The predicted octanol–water partition coefficient (Wildman–Crippen LogP) is 4.54. The molecule has 1 aromatic heterocycles. The van der Waals surface area contributed by atoms with Crippen LogP contribution in [0, 0.1) is 26.6 Å². The van der Waals surface area contributed by atoms with Gasteiger partial charge >= 0.3 is 0 Å². The van der Waals surface area contributed by atoms with E-state index in [4.69, 9.17) is 0 Å². The van der Waals surface area contributed by atoms with Crippen LogP contribution in [-0.2, 0) is 0 Å². The Morgan fingerprint density at radius 1 is 0.885 bits per heavy atom. The van der Waals surface area contributed by atoms with Crippen molar-refractivity contribution in [3.05, 3.63) is 77.0 Å². The van der Waals surface area contributed by atoms with Crippen molar-refractivity contribution in [2.75, 3.05) is 10.6 Å². The lowest BCUT2D eigenvalue weighted by Crippen LogP contribution is -2.15. The number of halogens is 1. The molecule has 26 heavy (non-hydrogen) atoms. The van der Waals surface area contributed by atoms with Crippen molar-refractivity contribution in [2.45, 2.75) is 20.8 Å². The molecule has 0 saturated carbocycles. The van der Waals surface area contributed by atoms with E-state index in [1.54, 1.807) is 13.0 Å². The van der Waals surface area contributed by atoms with Gasteiger partial charge in [0, 0.05) is 17.4 Å². The lowest BCUT2D eigenvalue weighted by molar-refractivity contribution is 0.102. The van der Waals surface area contributed by atoms with Crippen LogP contribution in [0.1, 0.15) is 27.4 Å². The Hall–Kier alpha value is -3.28. The number of aryl methyl sites for hydroxylation is 3. The Kier molecular flexibility index (Phi) is 4.93. The van der Waals surface area contributed by atoms with Crippen LogP contribution < -0.4 is 10.6 Å². The highest BCUT2D eigenvalue weighted by molar-refractivity contribution is 6.03. The van der Waals surface area contributed by atoms with E-state index < -0.39 is 0 Å². The molecule has 1 amide bonds. The van der Waals surface area contributed by atoms with Crippen molar-refractivity contribution in [1.82, 2.24) is 9.97 Å². The molecule has 0 atom stereocenters. The van der Waals surface area contributed by atoms with Crippen LogP contribution in [0.3, 0.4) is 0 Å².